The lowest BCUT2D eigenvalue weighted by molar-refractivity contribution is -0.126. The minimum Gasteiger partial charge on any atom is -0.351 e. The number of rotatable bonds is 7. The number of likely N-dealkylation sites (N-methyl/N-ethyl adjacent to an activating group) is 1. The highest BCUT2D eigenvalue weighted by molar-refractivity contribution is 9.10. The summed E-state index contributed by atoms with van der Waals surface area (Å²) in [5.41, 5.74) is 2.79. The van der Waals surface area contributed by atoms with Crippen molar-refractivity contribution in [3.63, 3.8) is 0 Å². The molecule has 5 nitrogen and oxygen atoms in total. The van der Waals surface area contributed by atoms with Crippen LogP contribution >= 0.6 is 15.9 Å². The van der Waals surface area contributed by atoms with Crippen molar-refractivity contribution in [2.24, 2.45) is 0 Å². The number of carbonyl (C=O) groups is 2. The van der Waals surface area contributed by atoms with Gasteiger partial charge in [0, 0.05) is 16.7 Å². The Labute approximate surface area is 162 Å². The Balaban J connectivity index is 1.84. The molecule has 0 aromatic heterocycles. The molecular weight excluding hydrogens is 394 g/mol. The minimum atomic E-state index is -0.407. The second kappa shape index (κ2) is 9.50. The molecule has 0 saturated carbocycles. The van der Waals surface area contributed by atoms with Crippen LogP contribution in [0.2, 0.25) is 0 Å². The number of amides is 2. The van der Waals surface area contributed by atoms with Gasteiger partial charge in [-0.3, -0.25) is 14.5 Å². The predicted octanol–water partition coefficient (Wildman–Crippen LogP) is 3.33. The molecule has 0 fully saturated rings. The van der Waals surface area contributed by atoms with E-state index in [2.05, 4.69) is 26.6 Å². The van der Waals surface area contributed by atoms with E-state index in [1.807, 2.05) is 55.5 Å². The van der Waals surface area contributed by atoms with E-state index in [0.717, 1.165) is 21.3 Å². The Morgan fingerprint density at radius 1 is 1.15 bits per heavy atom. The van der Waals surface area contributed by atoms with Crippen molar-refractivity contribution in [2.45, 2.75) is 26.4 Å². The molecule has 26 heavy (non-hydrogen) atoms. The van der Waals surface area contributed by atoms with Crippen molar-refractivity contribution in [3.05, 3.63) is 64.1 Å². The molecule has 0 radical (unpaired) electrons. The first kappa shape index (κ1) is 20.1. The fourth-order valence-corrected chi connectivity index (χ4v) is 2.93. The number of aryl methyl sites for hydroxylation is 1. The third-order valence-corrected chi connectivity index (χ3v) is 4.70. The van der Waals surface area contributed by atoms with Crippen LogP contribution in [0.4, 0.5) is 5.69 Å². The maximum absolute atomic E-state index is 12.3. The molecule has 1 atom stereocenters. The molecule has 138 valence electrons. The number of nitrogens with zero attached hydrogens (tertiary/aromatic N) is 1. The first-order valence-electron chi connectivity index (χ1n) is 8.44. The smallest absolute Gasteiger partial charge is 0.238 e. The van der Waals surface area contributed by atoms with Crippen LogP contribution in [-0.2, 0) is 16.1 Å². The molecular formula is C20H24BrN3O2. The fourth-order valence-electron chi connectivity index (χ4n) is 2.45. The van der Waals surface area contributed by atoms with Gasteiger partial charge in [-0.15, -0.1) is 0 Å². The van der Waals surface area contributed by atoms with E-state index in [9.17, 15) is 9.59 Å². The lowest BCUT2D eigenvalue weighted by Crippen LogP contribution is -2.45. The normalized spacial score (nSPS) is 11.9. The van der Waals surface area contributed by atoms with Gasteiger partial charge in [-0.1, -0.05) is 46.3 Å². The van der Waals surface area contributed by atoms with Crippen LogP contribution in [0.5, 0.6) is 0 Å². The van der Waals surface area contributed by atoms with Crippen LogP contribution in [0.25, 0.3) is 0 Å². The van der Waals surface area contributed by atoms with Crippen molar-refractivity contribution >= 4 is 33.4 Å². The van der Waals surface area contributed by atoms with Gasteiger partial charge in [0.2, 0.25) is 11.8 Å². The summed E-state index contributed by atoms with van der Waals surface area (Å²) in [5.74, 6) is -0.260. The first-order chi connectivity index (χ1) is 12.4. The van der Waals surface area contributed by atoms with Gasteiger partial charge in [-0.2, -0.15) is 0 Å². The van der Waals surface area contributed by atoms with Crippen LogP contribution in [-0.4, -0.2) is 36.3 Å². The zero-order valence-corrected chi connectivity index (χ0v) is 16.8. The molecule has 0 aliphatic rings. The van der Waals surface area contributed by atoms with E-state index in [-0.39, 0.29) is 18.4 Å². The highest BCUT2D eigenvalue weighted by Gasteiger charge is 2.20. The lowest BCUT2D eigenvalue weighted by atomic mass is 10.2. The third kappa shape index (κ3) is 5.97. The Bertz CT molecular complexity index is 765. The van der Waals surface area contributed by atoms with Crippen LogP contribution in [0.1, 0.15) is 18.1 Å². The summed E-state index contributed by atoms with van der Waals surface area (Å²) in [6.07, 6.45) is 0. The molecule has 0 aliphatic heterocycles. The highest BCUT2D eigenvalue weighted by atomic mass is 79.9. The second-order valence-corrected chi connectivity index (χ2v) is 7.22. The van der Waals surface area contributed by atoms with Crippen LogP contribution in [0.15, 0.2) is 53.0 Å². The topological polar surface area (TPSA) is 61.4 Å². The van der Waals surface area contributed by atoms with Gasteiger partial charge in [-0.05, 0) is 50.2 Å². The molecule has 0 saturated heterocycles. The Morgan fingerprint density at radius 2 is 1.85 bits per heavy atom. The summed E-state index contributed by atoms with van der Waals surface area (Å²) in [6.45, 7) is 4.33. The molecule has 2 N–H and O–H groups in total. The first-order valence-corrected chi connectivity index (χ1v) is 9.24. The highest BCUT2D eigenvalue weighted by Crippen LogP contribution is 2.19. The number of nitrogens with one attached hydrogen (secondary N) is 2. The van der Waals surface area contributed by atoms with Crippen LogP contribution < -0.4 is 10.6 Å². The quantitative estimate of drug-likeness (QED) is 0.725. The van der Waals surface area contributed by atoms with Gasteiger partial charge in [0.25, 0.3) is 0 Å². The van der Waals surface area contributed by atoms with Crippen molar-refractivity contribution in [2.75, 3.05) is 18.9 Å². The maximum Gasteiger partial charge on any atom is 0.238 e. The predicted molar refractivity (Wildman–Crippen MR) is 108 cm³/mol. The van der Waals surface area contributed by atoms with Crippen molar-refractivity contribution < 1.29 is 9.59 Å². The van der Waals surface area contributed by atoms with Crippen molar-refractivity contribution in [3.8, 4) is 0 Å². The van der Waals surface area contributed by atoms with E-state index >= 15 is 0 Å². The lowest BCUT2D eigenvalue weighted by Gasteiger charge is -2.23. The summed E-state index contributed by atoms with van der Waals surface area (Å²) in [5, 5.41) is 5.79. The summed E-state index contributed by atoms with van der Waals surface area (Å²) < 4.78 is 0.967. The zero-order valence-electron chi connectivity index (χ0n) is 15.3. The SMILES string of the molecule is Cc1cc(Br)ccc1NC(=O)CN(C)[C@H](C)C(=O)NCc1ccccc1. The molecule has 2 rings (SSSR count). The monoisotopic (exact) mass is 417 g/mol. The van der Waals surface area contributed by atoms with Gasteiger partial charge in [-0.25, -0.2) is 0 Å². The molecule has 2 amide bonds. The molecule has 0 heterocycles. The van der Waals surface area contributed by atoms with E-state index in [1.54, 1.807) is 18.9 Å². The van der Waals surface area contributed by atoms with Crippen molar-refractivity contribution in [1.29, 1.82) is 0 Å². The summed E-state index contributed by atoms with van der Waals surface area (Å²) in [6, 6.07) is 15.0. The zero-order chi connectivity index (χ0) is 19.1. The standard InChI is InChI=1S/C20H24BrN3O2/c1-14-11-17(21)9-10-18(14)23-19(25)13-24(3)15(2)20(26)22-12-16-7-5-4-6-8-16/h4-11,15H,12-13H2,1-3H3,(H,22,26)(H,23,25)/t15-/m1/s1. The van der Waals surface area contributed by atoms with Crippen molar-refractivity contribution in [1.82, 2.24) is 10.2 Å². The van der Waals surface area contributed by atoms with Crippen LogP contribution in [0.3, 0.4) is 0 Å². The molecule has 6 heteroatoms. The number of benzene rings is 2. The van der Waals surface area contributed by atoms with E-state index in [4.69, 9.17) is 0 Å². The molecule has 2 aromatic carbocycles. The van der Waals surface area contributed by atoms with Gasteiger partial charge < -0.3 is 10.6 Å². The average Bonchev–Trinajstić information content (AvgIpc) is 2.62. The third-order valence-electron chi connectivity index (χ3n) is 4.21. The van der Waals surface area contributed by atoms with Gasteiger partial charge in [0.15, 0.2) is 0 Å². The van der Waals surface area contributed by atoms with E-state index < -0.39 is 6.04 Å². The largest absolute Gasteiger partial charge is 0.351 e. The molecule has 0 aliphatic carbocycles. The number of halogens is 1. The number of hydrogen-bond donors (Lipinski definition) is 2. The van der Waals surface area contributed by atoms with Gasteiger partial charge in [0.05, 0.1) is 12.6 Å². The number of hydrogen-bond acceptors (Lipinski definition) is 3. The van der Waals surface area contributed by atoms with Crippen LogP contribution in [0, 0.1) is 6.92 Å². The summed E-state index contributed by atoms with van der Waals surface area (Å²) in [4.78, 5) is 26.3. The number of anilines is 1. The number of carbonyl (C=O) groups excluding carboxylic acids is 2. The molecule has 0 bridgehead atoms. The van der Waals surface area contributed by atoms with E-state index in [0.29, 0.717) is 6.54 Å². The van der Waals surface area contributed by atoms with Gasteiger partial charge >= 0.3 is 0 Å². The average molecular weight is 418 g/mol. The summed E-state index contributed by atoms with van der Waals surface area (Å²) >= 11 is 3.40. The van der Waals surface area contributed by atoms with E-state index in [1.165, 1.54) is 0 Å². The van der Waals surface area contributed by atoms with Gasteiger partial charge in [0.1, 0.15) is 0 Å². The Kier molecular flexibility index (Phi) is 7.36. The fraction of sp³-hybridized carbons (Fsp3) is 0.300. The summed E-state index contributed by atoms with van der Waals surface area (Å²) in [7, 11) is 1.76. The second-order valence-electron chi connectivity index (χ2n) is 6.30. The molecule has 0 spiro atoms. The molecule has 2 aromatic rings. The minimum absolute atomic E-state index is 0.107. The molecule has 0 unspecified atom stereocenters. The Hall–Kier alpha value is -2.18. The maximum atomic E-state index is 12.3. The Morgan fingerprint density at radius 3 is 2.50 bits per heavy atom.